The summed E-state index contributed by atoms with van der Waals surface area (Å²) in [6, 6.07) is 13.4. The van der Waals surface area contributed by atoms with Gasteiger partial charge in [0.05, 0.1) is 11.6 Å². The second-order valence-electron chi connectivity index (χ2n) is 4.69. The fourth-order valence-electron chi connectivity index (χ4n) is 2.14. The summed E-state index contributed by atoms with van der Waals surface area (Å²) >= 11 is 0. The highest BCUT2D eigenvalue weighted by Crippen LogP contribution is 2.20. The summed E-state index contributed by atoms with van der Waals surface area (Å²) in [5.74, 6) is 0.350. The van der Waals surface area contributed by atoms with Crippen molar-refractivity contribution in [2.24, 2.45) is 0 Å². The maximum Gasteiger partial charge on any atom is 0.137 e. The number of halogens is 1. The maximum atomic E-state index is 12.9. The zero-order chi connectivity index (χ0) is 14.7. The van der Waals surface area contributed by atoms with Gasteiger partial charge in [-0.2, -0.15) is 0 Å². The maximum absolute atomic E-state index is 12.9. The Morgan fingerprint density at radius 3 is 2.62 bits per heavy atom. The second-order valence-corrected chi connectivity index (χ2v) is 4.69. The molecule has 106 valence electrons. The molecule has 0 radical (unpaired) electrons. The van der Waals surface area contributed by atoms with Crippen LogP contribution in [0.1, 0.15) is 11.7 Å². The predicted octanol–water partition coefficient (Wildman–Crippen LogP) is 2.91. The fourth-order valence-corrected chi connectivity index (χ4v) is 2.14. The number of nitrogens with zero attached hydrogens (tertiary/aromatic N) is 2. The molecule has 1 atom stereocenters. The third-order valence-electron chi connectivity index (χ3n) is 3.26. The lowest BCUT2D eigenvalue weighted by atomic mass is 10.1. The molecule has 0 saturated carbocycles. The van der Waals surface area contributed by atoms with Crippen molar-refractivity contribution in [1.29, 1.82) is 0 Å². The molecule has 3 rings (SSSR count). The van der Waals surface area contributed by atoms with Crippen molar-refractivity contribution >= 4 is 16.7 Å². The fraction of sp³-hybridized carbons (Fsp3) is 0.125. The molecule has 2 aromatic carbocycles. The lowest BCUT2D eigenvalue weighted by molar-refractivity contribution is 0.191. The molecule has 0 amide bonds. The van der Waals surface area contributed by atoms with Crippen LogP contribution in [0.2, 0.25) is 0 Å². The number of fused-ring (bicyclic) bond motifs is 1. The van der Waals surface area contributed by atoms with Crippen molar-refractivity contribution in [3.8, 4) is 0 Å². The minimum absolute atomic E-state index is 0.284. The lowest BCUT2D eigenvalue weighted by Gasteiger charge is -2.13. The molecule has 2 N–H and O–H groups in total. The Bertz CT molecular complexity index is 741. The zero-order valence-corrected chi connectivity index (χ0v) is 11.2. The topological polar surface area (TPSA) is 58.0 Å². The highest BCUT2D eigenvalue weighted by Gasteiger charge is 2.09. The standard InChI is InChI=1S/C16H14FN3O/c17-12-7-5-11(6-8-12)15(21)9-18-16-13-3-1-2-4-14(13)19-10-20-16/h1-8,10,15,21H,9H2,(H,18,19,20)/t15-/m0/s1. The van der Waals surface area contributed by atoms with E-state index in [0.717, 1.165) is 10.9 Å². The van der Waals surface area contributed by atoms with E-state index in [4.69, 9.17) is 0 Å². The number of benzene rings is 2. The van der Waals surface area contributed by atoms with Crippen LogP contribution in [0.25, 0.3) is 10.9 Å². The Hall–Kier alpha value is -2.53. The number of rotatable bonds is 4. The Morgan fingerprint density at radius 1 is 1.05 bits per heavy atom. The number of nitrogens with one attached hydrogen (secondary N) is 1. The van der Waals surface area contributed by atoms with Gasteiger partial charge in [0.15, 0.2) is 0 Å². The summed E-state index contributed by atoms with van der Waals surface area (Å²) in [5, 5.41) is 14.1. The summed E-state index contributed by atoms with van der Waals surface area (Å²) in [6.07, 6.45) is 0.744. The molecule has 4 nitrogen and oxygen atoms in total. The molecule has 0 spiro atoms. The average Bonchev–Trinajstić information content (AvgIpc) is 2.53. The Balaban J connectivity index is 1.76. The van der Waals surface area contributed by atoms with Crippen molar-refractivity contribution in [2.75, 3.05) is 11.9 Å². The van der Waals surface area contributed by atoms with E-state index >= 15 is 0 Å². The third kappa shape index (κ3) is 2.98. The monoisotopic (exact) mass is 283 g/mol. The number of hydrogen-bond acceptors (Lipinski definition) is 4. The lowest BCUT2D eigenvalue weighted by Crippen LogP contribution is -2.13. The van der Waals surface area contributed by atoms with Crippen LogP contribution in [0.4, 0.5) is 10.2 Å². The van der Waals surface area contributed by atoms with E-state index in [1.165, 1.54) is 18.5 Å². The molecule has 0 unspecified atom stereocenters. The number of aromatic nitrogens is 2. The molecule has 0 aliphatic carbocycles. The molecule has 3 aromatic rings. The number of hydrogen-bond donors (Lipinski definition) is 2. The summed E-state index contributed by atoms with van der Waals surface area (Å²) in [4.78, 5) is 8.37. The zero-order valence-electron chi connectivity index (χ0n) is 11.2. The quantitative estimate of drug-likeness (QED) is 0.773. The molecule has 0 aliphatic rings. The molecule has 0 aliphatic heterocycles. The first-order chi connectivity index (χ1) is 10.2. The van der Waals surface area contributed by atoms with Gasteiger partial charge in [-0.3, -0.25) is 0 Å². The molecular weight excluding hydrogens is 269 g/mol. The van der Waals surface area contributed by atoms with Crippen LogP contribution in [0, 0.1) is 5.82 Å². The van der Waals surface area contributed by atoms with Crippen LogP contribution in [-0.2, 0) is 0 Å². The van der Waals surface area contributed by atoms with Crippen LogP contribution in [-0.4, -0.2) is 21.6 Å². The molecular formula is C16H14FN3O. The molecule has 1 heterocycles. The minimum atomic E-state index is -0.737. The number of anilines is 1. The summed E-state index contributed by atoms with van der Waals surface area (Å²) in [7, 11) is 0. The van der Waals surface area contributed by atoms with Crippen LogP contribution in [0.3, 0.4) is 0 Å². The van der Waals surface area contributed by atoms with E-state index in [9.17, 15) is 9.50 Å². The van der Waals surface area contributed by atoms with E-state index in [-0.39, 0.29) is 12.4 Å². The van der Waals surface area contributed by atoms with Gasteiger partial charge in [0.1, 0.15) is 18.0 Å². The molecule has 0 bridgehead atoms. The first-order valence-corrected chi connectivity index (χ1v) is 6.61. The van der Waals surface area contributed by atoms with E-state index in [1.807, 2.05) is 24.3 Å². The van der Waals surface area contributed by atoms with Gasteiger partial charge in [-0.25, -0.2) is 14.4 Å². The van der Waals surface area contributed by atoms with Crippen LogP contribution >= 0.6 is 0 Å². The van der Waals surface area contributed by atoms with Crippen molar-refractivity contribution < 1.29 is 9.50 Å². The van der Waals surface area contributed by atoms with Gasteiger partial charge in [0.2, 0.25) is 0 Å². The van der Waals surface area contributed by atoms with Crippen LogP contribution < -0.4 is 5.32 Å². The van der Waals surface area contributed by atoms with E-state index in [0.29, 0.717) is 11.4 Å². The molecule has 1 aromatic heterocycles. The highest BCUT2D eigenvalue weighted by atomic mass is 19.1. The van der Waals surface area contributed by atoms with Gasteiger partial charge in [0.25, 0.3) is 0 Å². The smallest absolute Gasteiger partial charge is 0.137 e. The first-order valence-electron chi connectivity index (χ1n) is 6.61. The number of aliphatic hydroxyl groups excluding tert-OH is 1. The number of para-hydroxylation sites is 1. The Kier molecular flexibility index (Phi) is 3.75. The van der Waals surface area contributed by atoms with Gasteiger partial charge >= 0.3 is 0 Å². The summed E-state index contributed by atoms with van der Waals surface area (Å²) < 4.78 is 12.9. The minimum Gasteiger partial charge on any atom is -0.387 e. The van der Waals surface area contributed by atoms with Gasteiger partial charge in [-0.1, -0.05) is 24.3 Å². The highest BCUT2D eigenvalue weighted by molar-refractivity contribution is 5.88. The molecule has 5 heteroatoms. The Labute approximate surface area is 121 Å². The van der Waals surface area contributed by atoms with Crippen LogP contribution in [0.5, 0.6) is 0 Å². The third-order valence-corrected chi connectivity index (χ3v) is 3.26. The van der Waals surface area contributed by atoms with Crippen molar-refractivity contribution in [3.05, 3.63) is 66.2 Å². The molecule has 0 fully saturated rings. The van der Waals surface area contributed by atoms with Crippen LogP contribution in [0.15, 0.2) is 54.9 Å². The van der Waals surface area contributed by atoms with Gasteiger partial charge in [-0.05, 0) is 29.8 Å². The first kappa shape index (κ1) is 13.5. The van der Waals surface area contributed by atoms with Gasteiger partial charge in [0, 0.05) is 11.9 Å². The van der Waals surface area contributed by atoms with E-state index < -0.39 is 6.10 Å². The SMILES string of the molecule is O[C@@H](CNc1ncnc2ccccc12)c1ccc(F)cc1. The van der Waals surface area contributed by atoms with Crippen molar-refractivity contribution in [3.63, 3.8) is 0 Å². The second kappa shape index (κ2) is 5.85. The van der Waals surface area contributed by atoms with Crippen molar-refractivity contribution in [2.45, 2.75) is 6.10 Å². The predicted molar refractivity (Wildman–Crippen MR) is 79.4 cm³/mol. The number of aliphatic hydroxyl groups is 1. The molecule has 21 heavy (non-hydrogen) atoms. The summed E-state index contributed by atoms with van der Waals surface area (Å²) in [6.45, 7) is 0.284. The summed E-state index contributed by atoms with van der Waals surface area (Å²) in [5.41, 5.74) is 1.49. The van der Waals surface area contributed by atoms with E-state index in [2.05, 4.69) is 15.3 Å². The average molecular weight is 283 g/mol. The Morgan fingerprint density at radius 2 is 1.81 bits per heavy atom. The normalized spacial score (nSPS) is 12.3. The van der Waals surface area contributed by atoms with E-state index in [1.54, 1.807) is 12.1 Å². The van der Waals surface area contributed by atoms with Gasteiger partial charge in [-0.15, -0.1) is 0 Å². The van der Waals surface area contributed by atoms with Crippen molar-refractivity contribution in [1.82, 2.24) is 9.97 Å². The van der Waals surface area contributed by atoms with Gasteiger partial charge < -0.3 is 10.4 Å². The largest absolute Gasteiger partial charge is 0.387 e. The molecule has 0 saturated heterocycles.